The Kier molecular flexibility index (Phi) is 4.44. The Hall–Kier alpha value is -0.320. The molecule has 0 radical (unpaired) electrons. The van der Waals surface area contributed by atoms with E-state index in [2.05, 4.69) is 19.2 Å². The van der Waals surface area contributed by atoms with Crippen LogP contribution in [0.5, 0.6) is 0 Å². The van der Waals surface area contributed by atoms with Crippen molar-refractivity contribution in [3.8, 4) is 0 Å². The largest absolute Gasteiger partial charge is 0.377 e. The van der Waals surface area contributed by atoms with E-state index >= 15 is 0 Å². The molecule has 1 saturated carbocycles. The van der Waals surface area contributed by atoms with E-state index in [0.717, 1.165) is 13.0 Å². The normalized spacial score (nSPS) is 35.2. The lowest BCUT2D eigenvalue weighted by Gasteiger charge is -2.54. The average Bonchev–Trinajstić information content (AvgIpc) is 2.70. The van der Waals surface area contributed by atoms with Crippen molar-refractivity contribution in [1.29, 1.82) is 0 Å². The van der Waals surface area contributed by atoms with Gasteiger partial charge in [-0.2, -0.15) is 0 Å². The van der Waals surface area contributed by atoms with Crippen LogP contribution in [0.25, 0.3) is 0 Å². The minimum absolute atomic E-state index is 0. The van der Waals surface area contributed by atoms with Crippen molar-refractivity contribution in [1.82, 2.24) is 5.32 Å². The second kappa shape index (κ2) is 5.12. The number of nitrogens with two attached hydrogens (primary N) is 1. The Labute approximate surface area is 109 Å². The van der Waals surface area contributed by atoms with E-state index in [0.29, 0.717) is 18.6 Å². The first-order valence-electron chi connectivity index (χ1n) is 6.10. The predicted molar refractivity (Wildman–Crippen MR) is 69.0 cm³/mol. The summed E-state index contributed by atoms with van der Waals surface area (Å²) in [6.07, 6.45) is 1.39. The third-order valence-corrected chi connectivity index (χ3v) is 4.20. The molecule has 1 aliphatic carbocycles. The van der Waals surface area contributed by atoms with Crippen molar-refractivity contribution in [2.24, 2.45) is 23.0 Å². The zero-order valence-corrected chi connectivity index (χ0v) is 11.5. The zero-order valence-electron chi connectivity index (χ0n) is 10.7. The Morgan fingerprint density at radius 2 is 2.24 bits per heavy atom. The van der Waals surface area contributed by atoms with Crippen molar-refractivity contribution < 1.29 is 9.53 Å². The lowest BCUT2D eigenvalue weighted by Crippen LogP contribution is -2.67. The molecule has 4 nitrogen and oxygen atoms in total. The highest BCUT2D eigenvalue weighted by molar-refractivity contribution is 5.85. The van der Waals surface area contributed by atoms with Gasteiger partial charge in [-0.1, -0.05) is 20.8 Å². The lowest BCUT2D eigenvalue weighted by atomic mass is 9.57. The Balaban J connectivity index is 0.00000144. The van der Waals surface area contributed by atoms with Crippen molar-refractivity contribution in [2.45, 2.75) is 39.3 Å². The van der Waals surface area contributed by atoms with E-state index in [1.54, 1.807) is 0 Å². The van der Waals surface area contributed by atoms with Crippen LogP contribution in [0.3, 0.4) is 0 Å². The molecule has 0 spiro atoms. The maximum Gasteiger partial charge on any atom is 0.224 e. The van der Waals surface area contributed by atoms with Gasteiger partial charge in [0.25, 0.3) is 0 Å². The number of ether oxygens (including phenoxy) is 1. The number of halogens is 1. The predicted octanol–water partition coefficient (Wildman–Crippen LogP) is 0.933. The van der Waals surface area contributed by atoms with Crippen molar-refractivity contribution in [3.63, 3.8) is 0 Å². The molecule has 17 heavy (non-hydrogen) atoms. The number of carbonyl (C=O) groups is 1. The summed E-state index contributed by atoms with van der Waals surface area (Å²) in [6, 6.07) is 0.251. The molecular weight excluding hydrogens is 240 g/mol. The molecule has 0 aromatic heterocycles. The maximum absolute atomic E-state index is 11.8. The van der Waals surface area contributed by atoms with Crippen molar-refractivity contribution >= 4 is 18.3 Å². The number of hydrogen-bond donors (Lipinski definition) is 2. The highest BCUT2D eigenvalue weighted by Gasteiger charge is 2.59. The average molecular weight is 263 g/mol. The van der Waals surface area contributed by atoms with Crippen LogP contribution in [0.1, 0.15) is 27.2 Å². The first kappa shape index (κ1) is 14.7. The van der Waals surface area contributed by atoms with Gasteiger partial charge in [-0.3, -0.25) is 4.79 Å². The van der Waals surface area contributed by atoms with Crippen LogP contribution in [-0.4, -0.2) is 31.2 Å². The monoisotopic (exact) mass is 262 g/mol. The van der Waals surface area contributed by atoms with Gasteiger partial charge in [0.2, 0.25) is 5.91 Å². The molecule has 2 aliphatic rings. The summed E-state index contributed by atoms with van der Waals surface area (Å²) >= 11 is 0. The molecule has 1 amide bonds. The highest BCUT2D eigenvalue weighted by Crippen LogP contribution is 2.52. The molecule has 100 valence electrons. The van der Waals surface area contributed by atoms with Crippen LogP contribution in [0, 0.1) is 17.3 Å². The quantitative estimate of drug-likeness (QED) is 0.795. The summed E-state index contributed by atoms with van der Waals surface area (Å²) in [5.74, 6) is 0.479. The van der Waals surface area contributed by atoms with Gasteiger partial charge in [0, 0.05) is 36.4 Å². The smallest absolute Gasteiger partial charge is 0.224 e. The molecule has 4 unspecified atom stereocenters. The van der Waals surface area contributed by atoms with Gasteiger partial charge in [-0.25, -0.2) is 0 Å². The molecule has 1 saturated heterocycles. The number of carbonyl (C=O) groups excluding carboxylic acids is 1. The topological polar surface area (TPSA) is 64.4 Å². The molecular formula is C12H23ClN2O2. The van der Waals surface area contributed by atoms with Crippen LogP contribution in [-0.2, 0) is 9.53 Å². The first-order valence-corrected chi connectivity index (χ1v) is 6.10. The van der Waals surface area contributed by atoms with E-state index in [9.17, 15) is 4.79 Å². The Morgan fingerprint density at radius 1 is 1.59 bits per heavy atom. The second-order valence-corrected chi connectivity index (χ2v) is 5.69. The SMILES string of the molecule is CC(CN)C(=O)NC1C2CCOC2C1(C)C.Cl. The molecule has 1 aliphatic heterocycles. The van der Waals surface area contributed by atoms with E-state index in [1.807, 2.05) is 6.92 Å². The third-order valence-electron chi connectivity index (χ3n) is 4.20. The minimum atomic E-state index is -0.0998. The second-order valence-electron chi connectivity index (χ2n) is 5.69. The van der Waals surface area contributed by atoms with E-state index in [-0.39, 0.29) is 35.7 Å². The Bertz CT molecular complexity index is 296. The van der Waals surface area contributed by atoms with Crippen LogP contribution in [0.2, 0.25) is 0 Å². The number of fused-ring (bicyclic) bond motifs is 1. The summed E-state index contributed by atoms with van der Waals surface area (Å²) in [5.41, 5.74) is 5.56. The van der Waals surface area contributed by atoms with Gasteiger partial charge in [0.05, 0.1) is 6.10 Å². The molecule has 3 N–H and O–H groups in total. The van der Waals surface area contributed by atoms with E-state index in [4.69, 9.17) is 10.5 Å². The standard InChI is InChI=1S/C12H22N2O2.ClH/c1-7(6-13)11(15)14-9-8-4-5-16-10(8)12(9,2)3;/h7-10H,4-6,13H2,1-3H3,(H,14,15);1H. The van der Waals surface area contributed by atoms with E-state index in [1.165, 1.54) is 0 Å². The van der Waals surface area contributed by atoms with Crippen LogP contribution in [0.4, 0.5) is 0 Å². The van der Waals surface area contributed by atoms with Gasteiger partial charge in [0.15, 0.2) is 0 Å². The number of hydrogen-bond acceptors (Lipinski definition) is 3. The van der Waals surface area contributed by atoms with Crippen LogP contribution < -0.4 is 11.1 Å². The summed E-state index contributed by atoms with van der Waals surface area (Å²) < 4.78 is 5.69. The zero-order chi connectivity index (χ0) is 11.9. The number of rotatable bonds is 3. The maximum atomic E-state index is 11.8. The van der Waals surface area contributed by atoms with Gasteiger partial charge in [-0.15, -0.1) is 12.4 Å². The minimum Gasteiger partial charge on any atom is -0.377 e. The van der Waals surface area contributed by atoms with Gasteiger partial charge >= 0.3 is 0 Å². The summed E-state index contributed by atoms with van der Waals surface area (Å²) in [7, 11) is 0. The van der Waals surface area contributed by atoms with Crippen LogP contribution in [0.15, 0.2) is 0 Å². The fourth-order valence-electron chi connectivity index (χ4n) is 3.02. The fourth-order valence-corrected chi connectivity index (χ4v) is 3.02. The molecule has 0 aromatic carbocycles. The summed E-state index contributed by atoms with van der Waals surface area (Å²) in [4.78, 5) is 11.8. The van der Waals surface area contributed by atoms with Gasteiger partial charge in [0.1, 0.15) is 0 Å². The fraction of sp³-hybridized carbons (Fsp3) is 0.917. The van der Waals surface area contributed by atoms with Crippen molar-refractivity contribution in [3.05, 3.63) is 0 Å². The number of amides is 1. The molecule has 2 fully saturated rings. The molecule has 0 aromatic rings. The molecule has 1 heterocycles. The third kappa shape index (κ3) is 2.30. The van der Waals surface area contributed by atoms with Gasteiger partial charge < -0.3 is 15.8 Å². The molecule has 5 heteroatoms. The van der Waals surface area contributed by atoms with Crippen molar-refractivity contribution in [2.75, 3.05) is 13.2 Å². The summed E-state index contributed by atoms with van der Waals surface area (Å²) in [5, 5.41) is 3.13. The van der Waals surface area contributed by atoms with E-state index < -0.39 is 0 Å². The lowest BCUT2D eigenvalue weighted by molar-refractivity contribution is -0.140. The molecule has 2 rings (SSSR count). The summed E-state index contributed by atoms with van der Waals surface area (Å²) in [6.45, 7) is 7.43. The number of nitrogens with one attached hydrogen (secondary N) is 1. The molecule has 4 atom stereocenters. The van der Waals surface area contributed by atoms with Gasteiger partial charge in [-0.05, 0) is 6.42 Å². The highest BCUT2D eigenvalue weighted by atomic mass is 35.5. The first-order chi connectivity index (χ1) is 7.48. The Morgan fingerprint density at radius 3 is 2.82 bits per heavy atom. The van der Waals surface area contributed by atoms with Crippen LogP contribution >= 0.6 is 12.4 Å². The molecule has 0 bridgehead atoms.